The van der Waals surface area contributed by atoms with Gasteiger partial charge in [-0.15, -0.1) is 0 Å². The molecule has 13 heteroatoms. The van der Waals surface area contributed by atoms with Crippen molar-refractivity contribution in [3.63, 3.8) is 0 Å². The Labute approximate surface area is 215 Å². The van der Waals surface area contributed by atoms with E-state index in [1.165, 1.54) is 37.3 Å². The molecule has 10 nitrogen and oxygen atoms in total. The summed E-state index contributed by atoms with van der Waals surface area (Å²) in [5, 5.41) is 5.16. The van der Waals surface area contributed by atoms with Gasteiger partial charge in [0.25, 0.3) is 0 Å². The summed E-state index contributed by atoms with van der Waals surface area (Å²) in [6.45, 7) is 3.47. The summed E-state index contributed by atoms with van der Waals surface area (Å²) in [5.41, 5.74) is 0.176. The van der Waals surface area contributed by atoms with Crippen LogP contribution in [0.2, 0.25) is 0 Å². The van der Waals surface area contributed by atoms with E-state index in [2.05, 4.69) is 27.2 Å². The van der Waals surface area contributed by atoms with E-state index in [9.17, 15) is 22.8 Å². The van der Waals surface area contributed by atoms with Crippen LogP contribution < -0.4 is 29.9 Å². The number of anilines is 5. The van der Waals surface area contributed by atoms with Crippen LogP contribution in [0, 0.1) is 0 Å². The number of nitrogens with zero attached hydrogens (tertiary/aromatic N) is 4. The molecule has 38 heavy (non-hydrogen) atoms. The van der Waals surface area contributed by atoms with Crippen molar-refractivity contribution in [3.05, 3.63) is 66.4 Å². The Balaban J connectivity index is 1.65. The van der Waals surface area contributed by atoms with Gasteiger partial charge in [-0.2, -0.15) is 18.2 Å². The summed E-state index contributed by atoms with van der Waals surface area (Å²) >= 11 is 0. The number of aromatic nitrogens is 2. The van der Waals surface area contributed by atoms with Crippen LogP contribution in [0.25, 0.3) is 0 Å². The van der Waals surface area contributed by atoms with Crippen molar-refractivity contribution < 1.29 is 32.2 Å². The number of ether oxygens (including phenoxy) is 2. The molecule has 0 atom stereocenters. The Kier molecular flexibility index (Phi) is 7.10. The Morgan fingerprint density at radius 3 is 2.39 bits per heavy atom. The van der Waals surface area contributed by atoms with Crippen LogP contribution in [0.4, 0.5) is 46.8 Å². The molecule has 0 saturated heterocycles. The number of methoxy groups -OCH3 is 2. The summed E-state index contributed by atoms with van der Waals surface area (Å²) < 4.78 is 50.3. The Morgan fingerprint density at radius 1 is 1.11 bits per heavy atom. The number of fused-ring (bicyclic) bond motifs is 1. The molecule has 0 fully saturated rings. The fraction of sp³-hybridized carbons (Fsp3) is 0.200. The summed E-state index contributed by atoms with van der Waals surface area (Å²) in [6, 6.07) is 7.49. The maximum atomic E-state index is 13.2. The molecule has 0 unspecified atom stereocenters. The van der Waals surface area contributed by atoms with E-state index in [1.807, 2.05) is 0 Å². The number of amides is 3. The molecule has 2 aromatic carbocycles. The minimum Gasteiger partial charge on any atom is -0.497 e. The molecule has 1 aromatic heterocycles. The van der Waals surface area contributed by atoms with Gasteiger partial charge in [0.2, 0.25) is 11.9 Å². The summed E-state index contributed by atoms with van der Waals surface area (Å²) in [6.07, 6.45) is -2.18. The SMILES string of the molecule is C=CC(=O)Nc1cc(C(F)(F)F)ccc1Nc1ncc2c(n1)N(C)C(=O)N(c1cc(OC)cc(OC)c1)C2. The number of halogens is 3. The number of nitrogens with one attached hydrogen (secondary N) is 2. The maximum Gasteiger partial charge on any atom is 0.416 e. The first-order chi connectivity index (χ1) is 18.0. The van der Waals surface area contributed by atoms with Crippen LogP contribution in [0.3, 0.4) is 0 Å². The van der Waals surface area contributed by atoms with Crippen molar-refractivity contribution >= 4 is 40.8 Å². The maximum absolute atomic E-state index is 13.2. The number of hydrogen-bond acceptors (Lipinski definition) is 7. The predicted molar refractivity (Wildman–Crippen MR) is 135 cm³/mol. The van der Waals surface area contributed by atoms with Crippen molar-refractivity contribution in [1.29, 1.82) is 0 Å². The van der Waals surface area contributed by atoms with Gasteiger partial charge < -0.3 is 20.1 Å². The molecule has 4 rings (SSSR count). The molecule has 0 saturated carbocycles. The minimum absolute atomic E-state index is 0.00811. The highest BCUT2D eigenvalue weighted by molar-refractivity contribution is 6.05. The monoisotopic (exact) mass is 528 g/mol. The molecule has 2 heterocycles. The lowest BCUT2D eigenvalue weighted by Gasteiger charge is -2.34. The van der Waals surface area contributed by atoms with Gasteiger partial charge in [-0.05, 0) is 24.3 Å². The molecular formula is C25H23F3N6O4. The smallest absolute Gasteiger partial charge is 0.416 e. The van der Waals surface area contributed by atoms with Gasteiger partial charge in [0.15, 0.2) is 0 Å². The van der Waals surface area contributed by atoms with Crippen LogP contribution in [-0.4, -0.2) is 43.2 Å². The third-order valence-electron chi connectivity index (χ3n) is 5.69. The quantitative estimate of drug-likeness (QED) is 0.418. The number of alkyl halides is 3. The summed E-state index contributed by atoms with van der Waals surface area (Å²) in [4.78, 5) is 36.5. The molecule has 0 aliphatic carbocycles. The van der Waals surface area contributed by atoms with E-state index in [0.29, 0.717) is 28.6 Å². The van der Waals surface area contributed by atoms with E-state index >= 15 is 0 Å². The van der Waals surface area contributed by atoms with Crippen LogP contribution in [-0.2, 0) is 17.5 Å². The third kappa shape index (κ3) is 5.31. The zero-order valence-corrected chi connectivity index (χ0v) is 20.6. The number of urea groups is 1. The topological polar surface area (TPSA) is 109 Å². The zero-order chi connectivity index (χ0) is 27.6. The Hall–Kier alpha value is -4.81. The molecule has 1 aliphatic rings. The summed E-state index contributed by atoms with van der Waals surface area (Å²) in [7, 11) is 4.55. The van der Waals surface area contributed by atoms with Crippen molar-refractivity contribution in [2.45, 2.75) is 12.7 Å². The van der Waals surface area contributed by atoms with Gasteiger partial charge in [-0.1, -0.05) is 6.58 Å². The lowest BCUT2D eigenvalue weighted by molar-refractivity contribution is -0.137. The predicted octanol–water partition coefficient (Wildman–Crippen LogP) is 4.96. The van der Waals surface area contributed by atoms with Gasteiger partial charge >= 0.3 is 12.2 Å². The third-order valence-corrected chi connectivity index (χ3v) is 5.69. The standard InChI is InChI=1S/C25H23F3N6O4/c1-5-21(35)30-20-8-15(25(26,27)28)6-7-19(20)31-23-29-12-14-13-34(24(36)33(2)22(14)32-23)16-9-17(37-3)11-18(10-16)38-4/h5-12H,1,13H2,2-4H3,(H,30,35)(H,29,31,32). The van der Waals surface area contributed by atoms with E-state index in [1.54, 1.807) is 18.2 Å². The highest BCUT2D eigenvalue weighted by Crippen LogP contribution is 2.37. The number of benzene rings is 2. The molecular weight excluding hydrogens is 505 g/mol. The van der Waals surface area contributed by atoms with Crippen LogP contribution in [0.1, 0.15) is 11.1 Å². The van der Waals surface area contributed by atoms with Crippen molar-refractivity contribution in [2.24, 2.45) is 0 Å². The number of carbonyl (C=O) groups excluding carboxylic acids is 2. The van der Waals surface area contributed by atoms with Crippen molar-refractivity contribution in [3.8, 4) is 11.5 Å². The van der Waals surface area contributed by atoms with E-state index in [0.717, 1.165) is 24.3 Å². The lowest BCUT2D eigenvalue weighted by atomic mass is 10.1. The fourth-order valence-corrected chi connectivity index (χ4v) is 3.76. The first-order valence-electron chi connectivity index (χ1n) is 11.1. The first-order valence-corrected chi connectivity index (χ1v) is 11.1. The number of carbonyl (C=O) groups is 2. The van der Waals surface area contributed by atoms with Gasteiger partial charge in [-0.25, -0.2) is 9.78 Å². The minimum atomic E-state index is -4.61. The average molecular weight is 528 g/mol. The molecule has 3 amide bonds. The van der Waals surface area contributed by atoms with Crippen molar-refractivity contribution in [2.75, 3.05) is 41.7 Å². The molecule has 0 spiro atoms. The second-order valence-corrected chi connectivity index (χ2v) is 8.12. The fourth-order valence-electron chi connectivity index (χ4n) is 3.76. The molecule has 2 N–H and O–H groups in total. The van der Waals surface area contributed by atoms with Crippen LogP contribution >= 0.6 is 0 Å². The van der Waals surface area contributed by atoms with Gasteiger partial charge in [0.1, 0.15) is 17.3 Å². The molecule has 1 aliphatic heterocycles. The molecule has 0 bridgehead atoms. The van der Waals surface area contributed by atoms with Gasteiger partial charge in [-0.3, -0.25) is 14.6 Å². The number of rotatable bonds is 7. The highest BCUT2D eigenvalue weighted by Gasteiger charge is 2.33. The largest absolute Gasteiger partial charge is 0.497 e. The highest BCUT2D eigenvalue weighted by atomic mass is 19.4. The van der Waals surface area contributed by atoms with Gasteiger partial charge in [0, 0.05) is 37.0 Å². The van der Waals surface area contributed by atoms with Gasteiger partial charge in [0.05, 0.1) is 43.4 Å². The normalized spacial score (nSPS) is 13.1. The average Bonchev–Trinajstić information content (AvgIpc) is 2.90. The Morgan fingerprint density at radius 2 is 1.79 bits per heavy atom. The van der Waals surface area contributed by atoms with Crippen LogP contribution in [0.15, 0.2) is 55.3 Å². The number of hydrogen-bond donors (Lipinski definition) is 2. The molecule has 198 valence electrons. The zero-order valence-electron chi connectivity index (χ0n) is 20.6. The Bertz CT molecular complexity index is 1390. The lowest BCUT2D eigenvalue weighted by Crippen LogP contribution is -2.46. The van der Waals surface area contributed by atoms with Crippen molar-refractivity contribution in [1.82, 2.24) is 9.97 Å². The molecule has 0 radical (unpaired) electrons. The molecule has 3 aromatic rings. The van der Waals surface area contributed by atoms with E-state index in [-0.39, 0.29) is 29.9 Å². The first kappa shape index (κ1) is 26.3. The van der Waals surface area contributed by atoms with E-state index < -0.39 is 17.6 Å². The second-order valence-electron chi connectivity index (χ2n) is 8.12. The summed E-state index contributed by atoms with van der Waals surface area (Å²) in [5.74, 6) is 0.633. The van der Waals surface area contributed by atoms with Crippen LogP contribution in [0.5, 0.6) is 11.5 Å². The van der Waals surface area contributed by atoms with E-state index in [4.69, 9.17) is 9.47 Å². The second kappa shape index (κ2) is 10.3.